The van der Waals surface area contributed by atoms with Crippen LogP contribution in [0.4, 0.5) is 0 Å². The summed E-state index contributed by atoms with van der Waals surface area (Å²) in [5, 5.41) is 3.21. The zero-order valence-electron chi connectivity index (χ0n) is 13.6. The normalized spacial score (nSPS) is 16.7. The first-order chi connectivity index (χ1) is 11.0. The summed E-state index contributed by atoms with van der Waals surface area (Å²) in [6.45, 7) is 4.18. The van der Waals surface area contributed by atoms with Gasteiger partial charge in [0.2, 0.25) is 5.91 Å². The van der Waals surface area contributed by atoms with Crippen molar-refractivity contribution in [3.05, 3.63) is 69.7 Å². The van der Waals surface area contributed by atoms with Gasteiger partial charge in [0, 0.05) is 15.9 Å². The van der Waals surface area contributed by atoms with Gasteiger partial charge in [0.25, 0.3) is 0 Å². The minimum absolute atomic E-state index is 0.103. The fraction of sp³-hybridized carbons (Fsp3) is 0.350. The van der Waals surface area contributed by atoms with E-state index in [2.05, 4.69) is 71.5 Å². The van der Waals surface area contributed by atoms with Gasteiger partial charge in [-0.25, -0.2) is 0 Å². The van der Waals surface area contributed by atoms with Gasteiger partial charge in [-0.05, 0) is 49.9 Å². The summed E-state index contributed by atoms with van der Waals surface area (Å²) in [4.78, 5) is 12.4. The lowest BCUT2D eigenvalue weighted by Gasteiger charge is -2.25. The molecule has 0 heterocycles. The summed E-state index contributed by atoms with van der Waals surface area (Å²) in [5.74, 6) is 0.103. The van der Waals surface area contributed by atoms with E-state index in [1.807, 2.05) is 12.1 Å². The Bertz CT molecular complexity index is 704. The van der Waals surface area contributed by atoms with E-state index < -0.39 is 0 Å². The van der Waals surface area contributed by atoms with Crippen molar-refractivity contribution in [2.45, 2.75) is 44.6 Å². The molecule has 1 fully saturated rings. The second kappa shape index (κ2) is 6.48. The van der Waals surface area contributed by atoms with Gasteiger partial charge in [0.1, 0.15) is 0 Å². The van der Waals surface area contributed by atoms with Crippen molar-refractivity contribution in [2.75, 3.05) is 0 Å². The van der Waals surface area contributed by atoms with E-state index in [9.17, 15) is 4.79 Å². The van der Waals surface area contributed by atoms with Crippen molar-refractivity contribution in [3.8, 4) is 0 Å². The van der Waals surface area contributed by atoms with Crippen LogP contribution in [0.2, 0.25) is 0 Å². The molecule has 1 saturated carbocycles. The molecule has 1 N–H and O–H groups in total. The number of amides is 1. The summed E-state index contributed by atoms with van der Waals surface area (Å²) in [7, 11) is 0. The number of rotatable bonds is 5. The maximum atomic E-state index is 12.4. The smallest absolute Gasteiger partial charge is 0.224 e. The number of aryl methyl sites for hydroxylation is 1. The molecule has 0 radical (unpaired) electrons. The molecule has 1 amide bonds. The second-order valence-corrected chi connectivity index (χ2v) is 7.53. The number of benzene rings is 2. The van der Waals surface area contributed by atoms with E-state index in [1.165, 1.54) is 11.1 Å². The SMILES string of the molecule is Cc1cccc(CC(=O)NC(C)C2(c3ccc(Br)cc3)CC2)c1. The number of hydrogen-bond acceptors (Lipinski definition) is 1. The molecule has 1 unspecified atom stereocenters. The molecule has 2 aromatic rings. The third-order valence-corrected chi connectivity index (χ3v) is 5.39. The fourth-order valence-electron chi connectivity index (χ4n) is 3.33. The molecule has 1 aliphatic rings. The van der Waals surface area contributed by atoms with Gasteiger partial charge in [-0.3, -0.25) is 4.79 Å². The predicted molar refractivity (Wildman–Crippen MR) is 97.5 cm³/mol. The third kappa shape index (κ3) is 3.66. The molecule has 23 heavy (non-hydrogen) atoms. The minimum Gasteiger partial charge on any atom is -0.352 e. The minimum atomic E-state index is 0.103. The number of carbonyl (C=O) groups excluding carboxylic acids is 1. The highest BCUT2D eigenvalue weighted by atomic mass is 79.9. The third-order valence-electron chi connectivity index (χ3n) is 4.86. The summed E-state index contributed by atoms with van der Waals surface area (Å²) in [5.41, 5.74) is 3.70. The summed E-state index contributed by atoms with van der Waals surface area (Å²) in [6.07, 6.45) is 2.73. The molecule has 0 saturated heterocycles. The zero-order chi connectivity index (χ0) is 16.4. The van der Waals surface area contributed by atoms with Gasteiger partial charge < -0.3 is 5.32 Å². The van der Waals surface area contributed by atoms with E-state index in [1.54, 1.807) is 0 Å². The van der Waals surface area contributed by atoms with E-state index >= 15 is 0 Å². The van der Waals surface area contributed by atoms with Gasteiger partial charge in [-0.2, -0.15) is 0 Å². The van der Waals surface area contributed by atoms with Crippen LogP contribution < -0.4 is 5.32 Å². The average Bonchev–Trinajstić information content (AvgIpc) is 3.29. The molecule has 1 atom stereocenters. The van der Waals surface area contributed by atoms with Crippen molar-refractivity contribution in [2.24, 2.45) is 0 Å². The van der Waals surface area contributed by atoms with Gasteiger partial charge in [0.05, 0.1) is 6.42 Å². The molecule has 3 rings (SSSR count). The predicted octanol–water partition coefficient (Wildman–Crippen LogP) is 4.54. The molecule has 1 aliphatic carbocycles. The van der Waals surface area contributed by atoms with Crippen LogP contribution in [0.3, 0.4) is 0 Å². The van der Waals surface area contributed by atoms with Crippen molar-refractivity contribution < 1.29 is 4.79 Å². The molecule has 0 aliphatic heterocycles. The lowest BCUT2D eigenvalue weighted by atomic mass is 9.89. The summed E-state index contributed by atoms with van der Waals surface area (Å²) < 4.78 is 1.09. The first-order valence-corrected chi connectivity index (χ1v) is 8.90. The molecule has 120 valence electrons. The molecular formula is C20H22BrNO. The first-order valence-electron chi connectivity index (χ1n) is 8.10. The Morgan fingerprint density at radius 2 is 1.91 bits per heavy atom. The second-order valence-electron chi connectivity index (χ2n) is 6.62. The first kappa shape index (κ1) is 16.3. The number of carbonyl (C=O) groups is 1. The van der Waals surface area contributed by atoms with Crippen molar-refractivity contribution in [3.63, 3.8) is 0 Å². The van der Waals surface area contributed by atoms with Crippen LogP contribution in [0.5, 0.6) is 0 Å². The molecule has 2 nitrogen and oxygen atoms in total. The standard InChI is InChI=1S/C20H22BrNO/c1-14-4-3-5-16(12-14)13-19(23)22-15(2)20(10-11-20)17-6-8-18(21)9-7-17/h3-9,12,15H,10-11,13H2,1-2H3,(H,22,23). The van der Waals surface area contributed by atoms with E-state index in [4.69, 9.17) is 0 Å². The fourth-order valence-corrected chi connectivity index (χ4v) is 3.59. The van der Waals surface area contributed by atoms with Gasteiger partial charge >= 0.3 is 0 Å². The number of hydrogen-bond donors (Lipinski definition) is 1. The van der Waals surface area contributed by atoms with Crippen molar-refractivity contribution >= 4 is 21.8 Å². The van der Waals surface area contributed by atoms with Crippen LogP contribution >= 0.6 is 15.9 Å². The van der Waals surface area contributed by atoms with Crippen LogP contribution in [0.15, 0.2) is 53.0 Å². The summed E-state index contributed by atoms with van der Waals surface area (Å²) >= 11 is 3.48. The van der Waals surface area contributed by atoms with Gasteiger partial charge in [0.15, 0.2) is 0 Å². The highest BCUT2D eigenvalue weighted by Gasteiger charge is 2.49. The van der Waals surface area contributed by atoms with Gasteiger partial charge in [-0.1, -0.05) is 57.9 Å². The Kier molecular flexibility index (Phi) is 4.58. The lowest BCUT2D eigenvalue weighted by molar-refractivity contribution is -0.121. The Balaban J connectivity index is 1.65. The molecule has 0 spiro atoms. The largest absolute Gasteiger partial charge is 0.352 e. The van der Waals surface area contributed by atoms with Crippen molar-refractivity contribution in [1.29, 1.82) is 0 Å². The Morgan fingerprint density at radius 1 is 1.22 bits per heavy atom. The van der Waals surface area contributed by atoms with E-state index in [-0.39, 0.29) is 17.4 Å². The molecular weight excluding hydrogens is 350 g/mol. The highest BCUT2D eigenvalue weighted by molar-refractivity contribution is 9.10. The average molecular weight is 372 g/mol. The molecule has 3 heteroatoms. The number of halogens is 1. The molecule has 0 bridgehead atoms. The van der Waals surface area contributed by atoms with Crippen LogP contribution in [0.1, 0.15) is 36.5 Å². The van der Waals surface area contributed by atoms with Crippen LogP contribution in [0, 0.1) is 6.92 Å². The maximum absolute atomic E-state index is 12.4. The Labute approximate surface area is 146 Å². The zero-order valence-corrected chi connectivity index (χ0v) is 15.2. The van der Waals surface area contributed by atoms with Crippen LogP contribution in [-0.2, 0) is 16.6 Å². The monoisotopic (exact) mass is 371 g/mol. The Morgan fingerprint density at radius 3 is 2.52 bits per heavy atom. The maximum Gasteiger partial charge on any atom is 0.224 e. The van der Waals surface area contributed by atoms with Crippen LogP contribution in [-0.4, -0.2) is 11.9 Å². The quantitative estimate of drug-likeness (QED) is 0.821. The van der Waals surface area contributed by atoms with Crippen molar-refractivity contribution in [1.82, 2.24) is 5.32 Å². The Hall–Kier alpha value is -1.61. The highest BCUT2D eigenvalue weighted by Crippen LogP contribution is 2.51. The van der Waals surface area contributed by atoms with Crippen LogP contribution in [0.25, 0.3) is 0 Å². The number of nitrogens with one attached hydrogen (secondary N) is 1. The van der Waals surface area contributed by atoms with Gasteiger partial charge in [-0.15, -0.1) is 0 Å². The van der Waals surface area contributed by atoms with E-state index in [0.717, 1.165) is 22.9 Å². The van der Waals surface area contributed by atoms with E-state index in [0.29, 0.717) is 6.42 Å². The summed E-state index contributed by atoms with van der Waals surface area (Å²) in [6, 6.07) is 16.8. The topological polar surface area (TPSA) is 29.1 Å². The molecule has 2 aromatic carbocycles. The molecule has 0 aromatic heterocycles. The lowest BCUT2D eigenvalue weighted by Crippen LogP contribution is -2.42.